The third kappa shape index (κ3) is 5.06. The van der Waals surface area contributed by atoms with Crippen LogP contribution in [0.4, 0.5) is 0 Å². The van der Waals surface area contributed by atoms with E-state index in [9.17, 15) is 9.59 Å². The summed E-state index contributed by atoms with van der Waals surface area (Å²) in [4.78, 5) is 26.9. The van der Waals surface area contributed by atoms with Gasteiger partial charge in [0, 0.05) is 28.4 Å². The molecule has 0 radical (unpaired) electrons. The van der Waals surface area contributed by atoms with Crippen LogP contribution in [0, 0.1) is 0 Å². The summed E-state index contributed by atoms with van der Waals surface area (Å²) in [6.45, 7) is 5.38. The van der Waals surface area contributed by atoms with Crippen LogP contribution in [0.2, 0.25) is 5.02 Å². The van der Waals surface area contributed by atoms with E-state index in [1.807, 2.05) is 51.1 Å². The molecule has 0 fully saturated rings. The van der Waals surface area contributed by atoms with Crippen LogP contribution >= 0.6 is 27.5 Å². The van der Waals surface area contributed by atoms with Crippen LogP contribution in [0.3, 0.4) is 0 Å². The second-order valence-electron chi connectivity index (χ2n) is 8.90. The first-order valence-corrected chi connectivity index (χ1v) is 11.2. The van der Waals surface area contributed by atoms with Crippen molar-refractivity contribution in [3.63, 3.8) is 0 Å². The van der Waals surface area contributed by atoms with Gasteiger partial charge in [0.1, 0.15) is 12.1 Å². The molecule has 1 amide bonds. The molecule has 0 heterocycles. The lowest BCUT2D eigenvalue weighted by Crippen LogP contribution is -2.40. The SMILES string of the molecule is CN(CC(=O)OC(C)(C)C)C(=O)C[C@@]1(c2ccc(Cl)cc2)CCc2cc(Br)ccc21. The van der Waals surface area contributed by atoms with Gasteiger partial charge < -0.3 is 9.64 Å². The van der Waals surface area contributed by atoms with Gasteiger partial charge in [-0.1, -0.05) is 45.7 Å². The van der Waals surface area contributed by atoms with E-state index in [1.165, 1.54) is 10.5 Å². The largest absolute Gasteiger partial charge is 0.459 e. The third-order valence-corrected chi connectivity index (χ3v) is 6.21. The maximum atomic E-state index is 13.2. The standard InChI is InChI=1S/C24H27BrClNO3/c1-23(2,3)30-22(29)15-27(4)21(28)14-24(17-5-8-19(26)9-6-17)12-11-16-13-18(25)7-10-20(16)24/h5-10,13H,11-12,14-15H2,1-4H3/t24-/m1/s1. The van der Waals surface area contributed by atoms with E-state index < -0.39 is 17.0 Å². The fourth-order valence-electron chi connectivity index (χ4n) is 4.12. The number of hydrogen-bond acceptors (Lipinski definition) is 3. The van der Waals surface area contributed by atoms with Crippen LogP contribution in [0.5, 0.6) is 0 Å². The monoisotopic (exact) mass is 491 g/mol. The summed E-state index contributed by atoms with van der Waals surface area (Å²) in [5.41, 5.74) is 2.43. The fourth-order valence-corrected chi connectivity index (χ4v) is 4.66. The smallest absolute Gasteiger partial charge is 0.326 e. The molecular weight excluding hydrogens is 466 g/mol. The Morgan fingerprint density at radius 1 is 1.17 bits per heavy atom. The Labute approximate surface area is 191 Å². The summed E-state index contributed by atoms with van der Waals surface area (Å²) >= 11 is 9.67. The van der Waals surface area contributed by atoms with E-state index in [4.69, 9.17) is 16.3 Å². The molecule has 3 rings (SSSR count). The zero-order chi connectivity index (χ0) is 22.1. The van der Waals surface area contributed by atoms with Gasteiger partial charge in [-0.3, -0.25) is 9.59 Å². The topological polar surface area (TPSA) is 46.6 Å². The van der Waals surface area contributed by atoms with Crippen molar-refractivity contribution >= 4 is 39.4 Å². The number of rotatable bonds is 5. The highest BCUT2D eigenvalue weighted by Gasteiger charge is 2.42. The Bertz CT molecular complexity index is 952. The van der Waals surface area contributed by atoms with Gasteiger partial charge in [-0.25, -0.2) is 0 Å². The first-order valence-electron chi connectivity index (χ1n) is 10.0. The molecular formula is C24H27BrClNO3. The van der Waals surface area contributed by atoms with Crippen molar-refractivity contribution in [2.45, 2.75) is 51.0 Å². The number of halogens is 2. The molecule has 0 saturated heterocycles. The normalized spacial score (nSPS) is 18.1. The number of amides is 1. The van der Waals surface area contributed by atoms with Crippen LogP contribution in [-0.4, -0.2) is 36.0 Å². The number of carbonyl (C=O) groups is 2. The minimum Gasteiger partial charge on any atom is -0.459 e. The quantitative estimate of drug-likeness (QED) is 0.516. The van der Waals surface area contributed by atoms with Crippen molar-refractivity contribution in [2.75, 3.05) is 13.6 Å². The lowest BCUT2D eigenvalue weighted by molar-refractivity contribution is -0.158. The summed E-state index contributed by atoms with van der Waals surface area (Å²) in [7, 11) is 1.65. The second-order valence-corrected chi connectivity index (χ2v) is 10.3. The molecule has 0 aliphatic heterocycles. The highest BCUT2D eigenvalue weighted by molar-refractivity contribution is 9.10. The van der Waals surface area contributed by atoms with Crippen LogP contribution in [0.1, 0.15) is 50.3 Å². The highest BCUT2D eigenvalue weighted by atomic mass is 79.9. The molecule has 1 atom stereocenters. The molecule has 0 unspecified atom stereocenters. The lowest BCUT2D eigenvalue weighted by atomic mass is 9.72. The van der Waals surface area contributed by atoms with E-state index in [2.05, 4.69) is 28.1 Å². The van der Waals surface area contributed by atoms with Crippen LogP contribution < -0.4 is 0 Å². The minimum atomic E-state index is -0.580. The Hall–Kier alpha value is -1.85. The number of fused-ring (bicyclic) bond motifs is 1. The molecule has 2 aromatic rings. The number of benzene rings is 2. The highest BCUT2D eigenvalue weighted by Crippen LogP contribution is 2.47. The van der Waals surface area contributed by atoms with Crippen molar-refractivity contribution in [3.8, 4) is 0 Å². The average Bonchev–Trinajstić information content (AvgIpc) is 2.99. The summed E-state index contributed by atoms with van der Waals surface area (Å²) in [6, 6.07) is 14.0. The summed E-state index contributed by atoms with van der Waals surface area (Å²) in [5, 5.41) is 0.663. The lowest BCUT2D eigenvalue weighted by Gasteiger charge is -2.33. The predicted molar refractivity (Wildman–Crippen MR) is 123 cm³/mol. The zero-order valence-corrected chi connectivity index (χ0v) is 20.1. The van der Waals surface area contributed by atoms with E-state index in [0.29, 0.717) is 5.02 Å². The molecule has 1 aliphatic carbocycles. The summed E-state index contributed by atoms with van der Waals surface area (Å²) in [6.07, 6.45) is 2.00. The van der Waals surface area contributed by atoms with Gasteiger partial charge in [0.2, 0.25) is 5.91 Å². The number of carbonyl (C=O) groups excluding carboxylic acids is 2. The van der Waals surface area contributed by atoms with Gasteiger partial charge in [0.25, 0.3) is 0 Å². The maximum Gasteiger partial charge on any atom is 0.326 e. The summed E-state index contributed by atoms with van der Waals surface area (Å²) < 4.78 is 6.40. The fraction of sp³-hybridized carbons (Fsp3) is 0.417. The number of hydrogen-bond donors (Lipinski definition) is 0. The van der Waals surface area contributed by atoms with Crippen molar-refractivity contribution in [2.24, 2.45) is 0 Å². The molecule has 0 N–H and O–H groups in total. The van der Waals surface area contributed by atoms with E-state index in [0.717, 1.165) is 28.4 Å². The molecule has 1 aliphatic rings. The van der Waals surface area contributed by atoms with Crippen LogP contribution in [0.15, 0.2) is 46.9 Å². The van der Waals surface area contributed by atoms with Gasteiger partial charge in [-0.15, -0.1) is 0 Å². The van der Waals surface area contributed by atoms with Gasteiger partial charge in [0.05, 0.1) is 0 Å². The summed E-state index contributed by atoms with van der Waals surface area (Å²) in [5.74, 6) is -0.499. The van der Waals surface area contributed by atoms with Crippen molar-refractivity contribution < 1.29 is 14.3 Å². The number of likely N-dealkylation sites (N-methyl/N-ethyl adjacent to an activating group) is 1. The van der Waals surface area contributed by atoms with Gasteiger partial charge >= 0.3 is 5.97 Å². The van der Waals surface area contributed by atoms with E-state index in [-0.39, 0.29) is 18.9 Å². The van der Waals surface area contributed by atoms with Gasteiger partial charge in [0.15, 0.2) is 0 Å². The number of nitrogens with zero attached hydrogens (tertiary/aromatic N) is 1. The van der Waals surface area contributed by atoms with Crippen molar-refractivity contribution in [1.29, 1.82) is 0 Å². The molecule has 4 nitrogen and oxygen atoms in total. The first-order chi connectivity index (χ1) is 14.0. The second kappa shape index (κ2) is 8.72. The molecule has 30 heavy (non-hydrogen) atoms. The number of ether oxygens (including phenoxy) is 1. The Kier molecular flexibility index (Phi) is 6.63. The minimum absolute atomic E-state index is 0.0694. The van der Waals surface area contributed by atoms with Crippen molar-refractivity contribution in [3.05, 3.63) is 68.7 Å². The average molecular weight is 493 g/mol. The molecule has 0 spiro atoms. The Balaban J connectivity index is 1.89. The zero-order valence-electron chi connectivity index (χ0n) is 17.8. The molecule has 160 valence electrons. The third-order valence-electron chi connectivity index (χ3n) is 5.47. The first kappa shape index (κ1) is 22.8. The molecule has 2 aromatic carbocycles. The molecule has 6 heteroatoms. The number of aryl methyl sites for hydroxylation is 1. The van der Waals surface area contributed by atoms with Gasteiger partial charge in [-0.05, 0) is 74.6 Å². The molecule has 0 aromatic heterocycles. The van der Waals surface area contributed by atoms with E-state index in [1.54, 1.807) is 7.05 Å². The molecule has 0 saturated carbocycles. The Morgan fingerprint density at radius 2 is 1.83 bits per heavy atom. The number of esters is 1. The van der Waals surface area contributed by atoms with Crippen LogP contribution in [0.25, 0.3) is 0 Å². The maximum absolute atomic E-state index is 13.2. The Morgan fingerprint density at radius 3 is 2.47 bits per heavy atom. The van der Waals surface area contributed by atoms with Crippen LogP contribution in [-0.2, 0) is 26.2 Å². The molecule has 0 bridgehead atoms. The van der Waals surface area contributed by atoms with E-state index >= 15 is 0 Å². The van der Waals surface area contributed by atoms with Gasteiger partial charge in [-0.2, -0.15) is 0 Å². The predicted octanol–water partition coefficient (Wildman–Crippen LogP) is 5.53. The van der Waals surface area contributed by atoms with Crippen molar-refractivity contribution in [1.82, 2.24) is 4.90 Å².